The molecule has 0 saturated carbocycles. The Hall–Kier alpha value is -2.84. The number of carbonyl (C=O) groups is 2. The molecule has 0 radical (unpaired) electrons. The molecule has 1 saturated heterocycles. The molecule has 2 aromatic rings. The summed E-state index contributed by atoms with van der Waals surface area (Å²) in [6.07, 6.45) is 3.43. The first kappa shape index (κ1) is 22.4. The highest BCUT2D eigenvalue weighted by Crippen LogP contribution is 2.22. The van der Waals surface area contributed by atoms with Gasteiger partial charge in [-0.3, -0.25) is 14.5 Å². The predicted octanol–water partition coefficient (Wildman–Crippen LogP) is 1.38. The molecular formula is C24H31N5O3. The van der Waals surface area contributed by atoms with Gasteiger partial charge in [-0.2, -0.15) is 0 Å². The first-order chi connectivity index (χ1) is 15.5. The summed E-state index contributed by atoms with van der Waals surface area (Å²) < 4.78 is 0. The minimum Gasteiger partial charge on any atom is -0.390 e. The third-order valence-corrected chi connectivity index (χ3v) is 6.39. The quantitative estimate of drug-likeness (QED) is 0.679. The third-order valence-electron chi connectivity index (χ3n) is 6.39. The van der Waals surface area contributed by atoms with Crippen LogP contribution in [0.4, 0.5) is 0 Å². The van der Waals surface area contributed by atoms with Crippen molar-refractivity contribution in [2.75, 3.05) is 26.2 Å². The van der Waals surface area contributed by atoms with Crippen molar-refractivity contribution in [1.29, 1.82) is 0 Å². The molecule has 8 heteroatoms. The van der Waals surface area contributed by atoms with E-state index in [1.807, 2.05) is 17.0 Å². The van der Waals surface area contributed by atoms with Crippen LogP contribution in [-0.4, -0.2) is 69.0 Å². The van der Waals surface area contributed by atoms with Crippen molar-refractivity contribution in [2.45, 2.75) is 45.4 Å². The van der Waals surface area contributed by atoms with Crippen LogP contribution in [-0.2, 0) is 24.3 Å². The zero-order chi connectivity index (χ0) is 22.5. The molecule has 4 rings (SSSR count). The molecule has 0 spiro atoms. The lowest BCUT2D eigenvalue weighted by Gasteiger charge is -2.31. The van der Waals surface area contributed by atoms with Gasteiger partial charge in [0.05, 0.1) is 6.10 Å². The number of amides is 2. The van der Waals surface area contributed by atoms with Gasteiger partial charge in [-0.05, 0) is 42.4 Å². The van der Waals surface area contributed by atoms with Crippen molar-refractivity contribution in [3.8, 4) is 0 Å². The molecule has 0 aliphatic carbocycles. The average molecular weight is 438 g/mol. The Morgan fingerprint density at radius 2 is 1.84 bits per heavy atom. The highest BCUT2D eigenvalue weighted by Gasteiger charge is 2.23. The van der Waals surface area contributed by atoms with E-state index in [9.17, 15) is 14.7 Å². The molecule has 2 aliphatic heterocycles. The highest BCUT2D eigenvalue weighted by atomic mass is 16.3. The van der Waals surface area contributed by atoms with Crippen molar-refractivity contribution in [3.63, 3.8) is 0 Å². The standard InChI is InChI=1S/C24H31N5O3/c1-17(30)29-8-6-18(7-9-29)10-21-11-23(27-16-26-21)24(32)25-12-22(31)15-28-13-19-4-2-3-5-20(19)14-28/h2-5,11,16,18,22,31H,6-10,12-15H2,1H3,(H,25,32)/t22-/m0/s1. The second-order valence-electron chi connectivity index (χ2n) is 8.85. The largest absolute Gasteiger partial charge is 0.390 e. The van der Waals surface area contributed by atoms with E-state index in [0.717, 1.165) is 51.1 Å². The second kappa shape index (κ2) is 10.2. The summed E-state index contributed by atoms with van der Waals surface area (Å²) in [5.74, 6) is 0.271. The SMILES string of the molecule is CC(=O)N1CCC(Cc2cc(C(=O)NC[C@H](O)CN3Cc4ccccc4C3)ncn2)CC1. The molecule has 32 heavy (non-hydrogen) atoms. The lowest BCUT2D eigenvalue weighted by atomic mass is 9.92. The smallest absolute Gasteiger partial charge is 0.270 e. The molecule has 2 amide bonds. The van der Waals surface area contributed by atoms with Crippen LogP contribution in [0, 0.1) is 5.92 Å². The molecule has 170 valence electrons. The molecule has 1 fully saturated rings. The lowest BCUT2D eigenvalue weighted by Crippen LogP contribution is -2.38. The molecule has 1 aromatic heterocycles. The number of nitrogens with one attached hydrogen (secondary N) is 1. The molecule has 3 heterocycles. The zero-order valence-corrected chi connectivity index (χ0v) is 18.5. The predicted molar refractivity (Wildman–Crippen MR) is 120 cm³/mol. The summed E-state index contributed by atoms with van der Waals surface area (Å²) in [7, 11) is 0. The van der Waals surface area contributed by atoms with Crippen molar-refractivity contribution in [1.82, 2.24) is 25.1 Å². The van der Waals surface area contributed by atoms with Crippen molar-refractivity contribution in [2.24, 2.45) is 5.92 Å². The highest BCUT2D eigenvalue weighted by molar-refractivity contribution is 5.92. The maximum Gasteiger partial charge on any atom is 0.270 e. The van der Waals surface area contributed by atoms with Gasteiger partial charge in [0, 0.05) is 51.9 Å². The fraction of sp³-hybridized carbons (Fsp3) is 0.500. The van der Waals surface area contributed by atoms with Gasteiger partial charge in [0.25, 0.3) is 5.91 Å². The first-order valence-electron chi connectivity index (χ1n) is 11.3. The van der Waals surface area contributed by atoms with Crippen LogP contribution >= 0.6 is 0 Å². The normalized spacial score (nSPS) is 17.8. The molecule has 2 N–H and O–H groups in total. The Morgan fingerprint density at radius 1 is 1.16 bits per heavy atom. The fourth-order valence-corrected chi connectivity index (χ4v) is 4.58. The van der Waals surface area contributed by atoms with Gasteiger partial charge in [0.1, 0.15) is 12.0 Å². The number of hydrogen-bond donors (Lipinski definition) is 2. The Bertz CT molecular complexity index is 933. The number of piperidine rings is 1. The summed E-state index contributed by atoms with van der Waals surface area (Å²) in [5.41, 5.74) is 3.74. The van der Waals surface area contributed by atoms with E-state index in [1.165, 1.54) is 17.5 Å². The molecule has 1 aromatic carbocycles. The number of β-amino-alcohol motifs (C(OH)–C–C–N with tert-alkyl or cyclic N) is 1. The molecule has 0 bridgehead atoms. The van der Waals surface area contributed by atoms with E-state index in [4.69, 9.17) is 0 Å². The van der Waals surface area contributed by atoms with E-state index in [2.05, 4.69) is 32.3 Å². The molecule has 2 aliphatic rings. The monoisotopic (exact) mass is 437 g/mol. The van der Waals surface area contributed by atoms with Crippen molar-refractivity contribution in [3.05, 3.63) is 59.2 Å². The van der Waals surface area contributed by atoms with Crippen LogP contribution in [0.15, 0.2) is 36.7 Å². The number of aliphatic hydroxyl groups excluding tert-OH is 1. The maximum absolute atomic E-state index is 12.6. The second-order valence-corrected chi connectivity index (χ2v) is 8.85. The molecular weight excluding hydrogens is 406 g/mol. The molecule has 8 nitrogen and oxygen atoms in total. The van der Waals surface area contributed by atoms with Gasteiger partial charge in [0.2, 0.25) is 5.91 Å². The number of rotatable bonds is 7. The summed E-state index contributed by atoms with van der Waals surface area (Å²) in [6, 6.07) is 10.0. The zero-order valence-electron chi connectivity index (χ0n) is 18.5. The van der Waals surface area contributed by atoms with E-state index in [-0.39, 0.29) is 18.4 Å². The number of aromatic nitrogens is 2. The van der Waals surface area contributed by atoms with Crippen LogP contribution in [0.1, 0.15) is 47.1 Å². The molecule has 1 atom stereocenters. The van der Waals surface area contributed by atoms with Crippen LogP contribution in [0.5, 0.6) is 0 Å². The van der Waals surface area contributed by atoms with Gasteiger partial charge in [0.15, 0.2) is 0 Å². The van der Waals surface area contributed by atoms with E-state index < -0.39 is 6.10 Å². The van der Waals surface area contributed by atoms with Crippen LogP contribution < -0.4 is 5.32 Å². The first-order valence-corrected chi connectivity index (χ1v) is 11.3. The lowest BCUT2D eigenvalue weighted by molar-refractivity contribution is -0.130. The third kappa shape index (κ3) is 5.69. The summed E-state index contributed by atoms with van der Waals surface area (Å²) in [6.45, 7) is 5.48. The number of likely N-dealkylation sites (tertiary alicyclic amines) is 1. The maximum atomic E-state index is 12.6. The van der Waals surface area contributed by atoms with Gasteiger partial charge in [-0.1, -0.05) is 24.3 Å². The topological polar surface area (TPSA) is 98.7 Å². The summed E-state index contributed by atoms with van der Waals surface area (Å²) in [5, 5.41) is 13.2. The fourth-order valence-electron chi connectivity index (χ4n) is 4.58. The summed E-state index contributed by atoms with van der Waals surface area (Å²) >= 11 is 0. The number of hydrogen-bond acceptors (Lipinski definition) is 6. The van der Waals surface area contributed by atoms with Crippen molar-refractivity contribution >= 4 is 11.8 Å². The van der Waals surface area contributed by atoms with Gasteiger partial charge < -0.3 is 15.3 Å². The molecule has 0 unspecified atom stereocenters. The van der Waals surface area contributed by atoms with E-state index >= 15 is 0 Å². The minimum atomic E-state index is -0.652. The Kier molecular flexibility index (Phi) is 7.12. The van der Waals surface area contributed by atoms with Crippen LogP contribution in [0.3, 0.4) is 0 Å². The van der Waals surface area contributed by atoms with E-state index in [0.29, 0.717) is 18.2 Å². The summed E-state index contributed by atoms with van der Waals surface area (Å²) in [4.78, 5) is 36.5. The van der Waals surface area contributed by atoms with Gasteiger partial charge in [-0.25, -0.2) is 9.97 Å². The van der Waals surface area contributed by atoms with Crippen LogP contribution in [0.2, 0.25) is 0 Å². The minimum absolute atomic E-state index is 0.126. The number of fused-ring (bicyclic) bond motifs is 1. The number of carbonyl (C=O) groups excluding carboxylic acids is 2. The van der Waals surface area contributed by atoms with Gasteiger partial charge in [-0.15, -0.1) is 0 Å². The average Bonchev–Trinajstić information content (AvgIpc) is 3.20. The Labute approximate surface area is 188 Å². The Morgan fingerprint density at radius 3 is 2.50 bits per heavy atom. The number of aliphatic hydroxyl groups is 1. The van der Waals surface area contributed by atoms with E-state index in [1.54, 1.807) is 13.0 Å². The number of benzene rings is 1. The Balaban J connectivity index is 1.23. The van der Waals surface area contributed by atoms with Crippen LogP contribution in [0.25, 0.3) is 0 Å². The number of nitrogens with zero attached hydrogens (tertiary/aromatic N) is 4. The van der Waals surface area contributed by atoms with Crippen molar-refractivity contribution < 1.29 is 14.7 Å². The van der Waals surface area contributed by atoms with Gasteiger partial charge >= 0.3 is 0 Å².